The van der Waals surface area contributed by atoms with E-state index in [-0.39, 0.29) is 17.2 Å². The van der Waals surface area contributed by atoms with E-state index in [1.807, 2.05) is 0 Å². The summed E-state index contributed by atoms with van der Waals surface area (Å²) in [7, 11) is 0. The Bertz CT molecular complexity index is 1110. The summed E-state index contributed by atoms with van der Waals surface area (Å²) in [6.07, 6.45) is -3.47. The normalized spacial score (nSPS) is 11.0. The first-order valence-corrected chi connectivity index (χ1v) is 9.12. The van der Waals surface area contributed by atoms with Gasteiger partial charge in [0.05, 0.1) is 5.56 Å². The highest BCUT2D eigenvalue weighted by molar-refractivity contribution is 5.92. The lowest BCUT2D eigenvalue weighted by Crippen LogP contribution is -2.10. The zero-order valence-corrected chi connectivity index (χ0v) is 16.6. The molecule has 9 heteroatoms. The van der Waals surface area contributed by atoms with Crippen LogP contribution in [0.25, 0.3) is 0 Å². The van der Waals surface area contributed by atoms with Gasteiger partial charge in [-0.3, -0.25) is 9.78 Å². The number of amides is 1. The van der Waals surface area contributed by atoms with Crippen molar-refractivity contribution in [1.29, 1.82) is 0 Å². The fourth-order valence-electron chi connectivity index (χ4n) is 2.73. The predicted octanol–water partition coefficient (Wildman–Crippen LogP) is 5.33. The topological polar surface area (TPSA) is 80.3 Å². The average molecular weight is 429 g/mol. The fraction of sp³-hybridized carbons (Fsp3) is 0.136. The van der Waals surface area contributed by atoms with Crippen molar-refractivity contribution in [2.75, 3.05) is 10.6 Å². The van der Waals surface area contributed by atoms with Crippen LogP contribution in [0.5, 0.6) is 5.75 Å². The lowest BCUT2D eigenvalue weighted by atomic mass is 10.1. The molecule has 0 aliphatic heterocycles. The number of anilines is 3. The van der Waals surface area contributed by atoms with Gasteiger partial charge in [-0.25, -0.2) is 4.79 Å². The molecule has 0 saturated heterocycles. The Labute approximate surface area is 176 Å². The lowest BCUT2D eigenvalue weighted by Gasteiger charge is -2.13. The third-order valence-electron chi connectivity index (χ3n) is 4.18. The minimum absolute atomic E-state index is 0.213. The van der Waals surface area contributed by atoms with Crippen LogP contribution in [0, 0.1) is 6.92 Å². The summed E-state index contributed by atoms with van der Waals surface area (Å²) in [5.41, 5.74) is 1.25. The minimum Gasteiger partial charge on any atom is -0.423 e. The highest BCUT2D eigenvalue weighted by Gasteiger charge is 2.32. The molecule has 0 bridgehead atoms. The van der Waals surface area contributed by atoms with E-state index in [0.29, 0.717) is 22.7 Å². The van der Waals surface area contributed by atoms with Crippen LogP contribution < -0.4 is 15.4 Å². The summed E-state index contributed by atoms with van der Waals surface area (Å²) in [4.78, 5) is 26.8. The Kier molecular flexibility index (Phi) is 6.24. The van der Waals surface area contributed by atoms with Gasteiger partial charge in [-0.15, -0.1) is 0 Å². The molecule has 2 aromatic carbocycles. The van der Waals surface area contributed by atoms with Gasteiger partial charge in [-0.2, -0.15) is 13.2 Å². The SMILES string of the molecule is CC(=O)Nc1ccc(OC(=O)c2ccc(Nc3ccnc(C(F)(F)F)c3)c(C)c2)cc1. The van der Waals surface area contributed by atoms with E-state index in [4.69, 9.17) is 4.74 Å². The van der Waals surface area contributed by atoms with E-state index in [1.165, 1.54) is 19.1 Å². The predicted molar refractivity (Wildman–Crippen MR) is 109 cm³/mol. The molecule has 3 aromatic rings. The molecule has 0 saturated carbocycles. The Hall–Kier alpha value is -3.88. The van der Waals surface area contributed by atoms with Crippen LogP contribution in [0.2, 0.25) is 0 Å². The van der Waals surface area contributed by atoms with Crippen LogP contribution in [0.15, 0.2) is 60.8 Å². The summed E-state index contributed by atoms with van der Waals surface area (Å²) in [5, 5.41) is 5.51. The number of esters is 1. The minimum atomic E-state index is -4.54. The van der Waals surface area contributed by atoms with Gasteiger partial charge in [0, 0.05) is 30.2 Å². The average Bonchev–Trinajstić information content (AvgIpc) is 2.70. The number of pyridine rings is 1. The molecule has 3 rings (SSSR count). The molecule has 1 amide bonds. The van der Waals surface area contributed by atoms with Crippen molar-refractivity contribution in [2.24, 2.45) is 0 Å². The van der Waals surface area contributed by atoms with Gasteiger partial charge < -0.3 is 15.4 Å². The van der Waals surface area contributed by atoms with Crippen molar-refractivity contribution in [3.05, 3.63) is 77.6 Å². The van der Waals surface area contributed by atoms with E-state index >= 15 is 0 Å². The Morgan fingerprint density at radius 3 is 2.29 bits per heavy atom. The Morgan fingerprint density at radius 2 is 1.68 bits per heavy atom. The zero-order chi connectivity index (χ0) is 22.6. The van der Waals surface area contributed by atoms with Gasteiger partial charge in [-0.1, -0.05) is 0 Å². The number of nitrogens with one attached hydrogen (secondary N) is 2. The number of hydrogen-bond acceptors (Lipinski definition) is 5. The molecular formula is C22H18F3N3O3. The number of rotatable bonds is 5. The summed E-state index contributed by atoms with van der Waals surface area (Å²) in [6, 6.07) is 13.3. The molecule has 0 radical (unpaired) electrons. The van der Waals surface area contributed by atoms with Crippen molar-refractivity contribution in [1.82, 2.24) is 4.98 Å². The first kappa shape index (κ1) is 21.8. The van der Waals surface area contributed by atoms with E-state index in [2.05, 4.69) is 15.6 Å². The van der Waals surface area contributed by atoms with Crippen LogP contribution in [-0.2, 0) is 11.0 Å². The van der Waals surface area contributed by atoms with Crippen molar-refractivity contribution < 1.29 is 27.5 Å². The van der Waals surface area contributed by atoms with E-state index in [9.17, 15) is 22.8 Å². The van der Waals surface area contributed by atoms with Gasteiger partial charge in [0.1, 0.15) is 11.4 Å². The standard InChI is InChI=1S/C22H18F3N3O3/c1-13-11-15(21(30)31-18-6-4-16(5-7-18)27-14(2)29)3-8-19(13)28-17-9-10-26-20(12-17)22(23,24)25/h3-12H,1-2H3,(H,26,28)(H,27,29). The highest BCUT2D eigenvalue weighted by Crippen LogP contribution is 2.30. The molecule has 160 valence electrons. The number of halogens is 3. The summed E-state index contributed by atoms with van der Waals surface area (Å²) < 4.78 is 43.8. The second-order valence-electron chi connectivity index (χ2n) is 6.68. The number of carbonyl (C=O) groups is 2. The first-order chi connectivity index (χ1) is 14.6. The maximum atomic E-state index is 12.8. The number of aryl methyl sites for hydroxylation is 1. The number of alkyl halides is 3. The highest BCUT2D eigenvalue weighted by atomic mass is 19.4. The molecule has 0 fully saturated rings. The van der Waals surface area contributed by atoms with Gasteiger partial charge >= 0.3 is 12.1 Å². The van der Waals surface area contributed by atoms with Crippen LogP contribution in [0.3, 0.4) is 0 Å². The first-order valence-electron chi connectivity index (χ1n) is 9.12. The molecule has 1 aromatic heterocycles. The molecule has 6 nitrogen and oxygen atoms in total. The molecule has 0 aliphatic rings. The number of nitrogens with zero attached hydrogens (tertiary/aromatic N) is 1. The second-order valence-corrected chi connectivity index (χ2v) is 6.68. The Morgan fingerprint density at radius 1 is 0.968 bits per heavy atom. The van der Waals surface area contributed by atoms with Crippen molar-refractivity contribution in [3.8, 4) is 5.75 Å². The number of hydrogen-bond donors (Lipinski definition) is 2. The van der Waals surface area contributed by atoms with Gasteiger partial charge in [0.2, 0.25) is 5.91 Å². The van der Waals surface area contributed by atoms with Gasteiger partial charge in [0.15, 0.2) is 0 Å². The third-order valence-corrected chi connectivity index (χ3v) is 4.18. The maximum absolute atomic E-state index is 12.8. The van der Waals surface area contributed by atoms with Crippen LogP contribution in [0.4, 0.5) is 30.2 Å². The molecule has 0 spiro atoms. The number of aromatic nitrogens is 1. The monoisotopic (exact) mass is 429 g/mol. The Balaban J connectivity index is 1.70. The molecule has 0 atom stereocenters. The van der Waals surface area contributed by atoms with Crippen molar-refractivity contribution >= 4 is 28.9 Å². The van der Waals surface area contributed by atoms with Crippen LogP contribution >= 0.6 is 0 Å². The molecular weight excluding hydrogens is 411 g/mol. The van der Waals surface area contributed by atoms with Crippen molar-refractivity contribution in [2.45, 2.75) is 20.0 Å². The fourth-order valence-corrected chi connectivity index (χ4v) is 2.73. The lowest BCUT2D eigenvalue weighted by molar-refractivity contribution is -0.141. The summed E-state index contributed by atoms with van der Waals surface area (Å²) in [5.74, 6) is -0.504. The maximum Gasteiger partial charge on any atom is 0.433 e. The van der Waals surface area contributed by atoms with Crippen LogP contribution in [-0.4, -0.2) is 16.9 Å². The van der Waals surface area contributed by atoms with E-state index in [0.717, 1.165) is 12.3 Å². The summed E-state index contributed by atoms with van der Waals surface area (Å²) in [6.45, 7) is 3.10. The number of carbonyl (C=O) groups excluding carboxylic acids is 2. The molecule has 0 aliphatic carbocycles. The van der Waals surface area contributed by atoms with Gasteiger partial charge in [0.25, 0.3) is 0 Å². The third kappa shape index (κ3) is 5.81. The summed E-state index contributed by atoms with van der Waals surface area (Å²) >= 11 is 0. The second kappa shape index (κ2) is 8.86. The van der Waals surface area contributed by atoms with Crippen LogP contribution in [0.1, 0.15) is 28.5 Å². The quantitative estimate of drug-likeness (QED) is 0.423. The molecule has 2 N–H and O–H groups in total. The van der Waals surface area contributed by atoms with Gasteiger partial charge in [-0.05, 0) is 67.1 Å². The molecule has 0 unspecified atom stereocenters. The zero-order valence-electron chi connectivity index (χ0n) is 16.6. The van der Waals surface area contributed by atoms with E-state index < -0.39 is 17.8 Å². The molecule has 1 heterocycles. The number of ether oxygens (including phenoxy) is 1. The largest absolute Gasteiger partial charge is 0.433 e. The van der Waals surface area contributed by atoms with Crippen molar-refractivity contribution in [3.63, 3.8) is 0 Å². The molecule has 31 heavy (non-hydrogen) atoms. The van der Waals surface area contributed by atoms with E-state index in [1.54, 1.807) is 43.3 Å². The number of benzene rings is 2. The smallest absolute Gasteiger partial charge is 0.423 e.